The SMILES string of the molecule is CCOCCOc1ccc(OCC(=O)Oc2ccc3cc(Br)ccc3c2)cc1. The lowest BCUT2D eigenvalue weighted by molar-refractivity contribution is -0.136. The van der Waals surface area contributed by atoms with Gasteiger partial charge in [-0.1, -0.05) is 28.1 Å². The van der Waals surface area contributed by atoms with Crippen molar-refractivity contribution in [1.82, 2.24) is 0 Å². The van der Waals surface area contributed by atoms with Crippen molar-refractivity contribution in [2.24, 2.45) is 0 Å². The highest BCUT2D eigenvalue weighted by Gasteiger charge is 2.07. The van der Waals surface area contributed by atoms with Crippen molar-refractivity contribution >= 4 is 32.7 Å². The largest absolute Gasteiger partial charge is 0.491 e. The molecule has 0 radical (unpaired) electrons. The Morgan fingerprint density at radius 2 is 1.46 bits per heavy atom. The molecular weight excluding hydrogens is 424 g/mol. The molecule has 28 heavy (non-hydrogen) atoms. The van der Waals surface area contributed by atoms with Crippen molar-refractivity contribution < 1.29 is 23.7 Å². The molecule has 0 amide bonds. The number of benzene rings is 3. The van der Waals surface area contributed by atoms with Crippen LogP contribution in [0.5, 0.6) is 17.2 Å². The smallest absolute Gasteiger partial charge is 0.349 e. The van der Waals surface area contributed by atoms with Gasteiger partial charge >= 0.3 is 5.97 Å². The van der Waals surface area contributed by atoms with Gasteiger partial charge in [0, 0.05) is 11.1 Å². The van der Waals surface area contributed by atoms with Gasteiger partial charge in [-0.05, 0) is 66.2 Å². The lowest BCUT2D eigenvalue weighted by atomic mass is 10.1. The Balaban J connectivity index is 1.48. The van der Waals surface area contributed by atoms with Gasteiger partial charge in [0.25, 0.3) is 0 Å². The first-order chi connectivity index (χ1) is 13.6. The Hall–Kier alpha value is -2.57. The molecule has 0 aliphatic rings. The molecule has 0 aromatic heterocycles. The summed E-state index contributed by atoms with van der Waals surface area (Å²) in [6.07, 6.45) is 0. The maximum atomic E-state index is 12.1. The number of esters is 1. The molecule has 3 aromatic carbocycles. The fourth-order valence-electron chi connectivity index (χ4n) is 2.56. The molecule has 0 atom stereocenters. The average Bonchev–Trinajstić information content (AvgIpc) is 2.71. The van der Waals surface area contributed by atoms with Gasteiger partial charge < -0.3 is 18.9 Å². The second kappa shape index (κ2) is 10.1. The second-order valence-corrected chi connectivity index (χ2v) is 6.85. The summed E-state index contributed by atoms with van der Waals surface area (Å²) in [7, 11) is 0. The van der Waals surface area contributed by atoms with Gasteiger partial charge in [-0.3, -0.25) is 0 Å². The van der Waals surface area contributed by atoms with Crippen LogP contribution in [0.2, 0.25) is 0 Å². The van der Waals surface area contributed by atoms with E-state index >= 15 is 0 Å². The summed E-state index contributed by atoms with van der Waals surface area (Å²) in [5, 5.41) is 2.06. The van der Waals surface area contributed by atoms with Crippen LogP contribution in [-0.4, -0.2) is 32.4 Å². The fourth-order valence-corrected chi connectivity index (χ4v) is 2.94. The summed E-state index contributed by atoms with van der Waals surface area (Å²) in [6.45, 7) is 3.47. The van der Waals surface area contributed by atoms with E-state index in [1.165, 1.54) is 0 Å². The topological polar surface area (TPSA) is 54.0 Å². The first-order valence-electron chi connectivity index (χ1n) is 8.97. The molecule has 0 heterocycles. The van der Waals surface area contributed by atoms with Crippen molar-refractivity contribution in [1.29, 1.82) is 0 Å². The highest BCUT2D eigenvalue weighted by Crippen LogP contribution is 2.24. The third kappa shape index (κ3) is 5.97. The minimum Gasteiger partial charge on any atom is -0.491 e. The normalized spacial score (nSPS) is 10.6. The number of hydrogen-bond acceptors (Lipinski definition) is 5. The molecule has 0 fully saturated rings. The van der Waals surface area contributed by atoms with E-state index in [4.69, 9.17) is 18.9 Å². The van der Waals surface area contributed by atoms with Crippen LogP contribution in [-0.2, 0) is 9.53 Å². The van der Waals surface area contributed by atoms with Gasteiger partial charge in [-0.15, -0.1) is 0 Å². The van der Waals surface area contributed by atoms with Gasteiger partial charge in [-0.2, -0.15) is 0 Å². The summed E-state index contributed by atoms with van der Waals surface area (Å²) in [5.41, 5.74) is 0. The molecule has 0 saturated carbocycles. The zero-order valence-corrected chi connectivity index (χ0v) is 17.1. The van der Waals surface area contributed by atoms with E-state index in [9.17, 15) is 4.79 Å². The van der Waals surface area contributed by atoms with Crippen molar-refractivity contribution in [3.63, 3.8) is 0 Å². The third-order valence-electron chi connectivity index (χ3n) is 3.89. The molecule has 146 valence electrons. The molecule has 0 aliphatic heterocycles. The maximum Gasteiger partial charge on any atom is 0.349 e. The van der Waals surface area contributed by atoms with Crippen LogP contribution in [0.3, 0.4) is 0 Å². The van der Waals surface area contributed by atoms with Crippen molar-refractivity contribution in [2.45, 2.75) is 6.92 Å². The Kier molecular flexibility index (Phi) is 7.28. The van der Waals surface area contributed by atoms with Gasteiger partial charge in [-0.25, -0.2) is 4.79 Å². The van der Waals surface area contributed by atoms with Crippen LogP contribution < -0.4 is 14.2 Å². The fraction of sp³-hybridized carbons (Fsp3) is 0.227. The Morgan fingerprint density at radius 3 is 2.21 bits per heavy atom. The molecule has 0 saturated heterocycles. The van der Waals surface area contributed by atoms with E-state index in [-0.39, 0.29) is 6.61 Å². The zero-order chi connectivity index (χ0) is 19.8. The second-order valence-electron chi connectivity index (χ2n) is 5.93. The number of carbonyl (C=O) groups excluding carboxylic acids is 1. The first-order valence-corrected chi connectivity index (χ1v) is 9.77. The highest BCUT2D eigenvalue weighted by atomic mass is 79.9. The first kappa shape index (κ1) is 20.2. The summed E-state index contributed by atoms with van der Waals surface area (Å²) in [4.78, 5) is 12.1. The van der Waals surface area contributed by atoms with Crippen LogP contribution in [0, 0.1) is 0 Å². The lowest BCUT2D eigenvalue weighted by Gasteiger charge is -2.09. The van der Waals surface area contributed by atoms with Gasteiger partial charge in [0.15, 0.2) is 6.61 Å². The van der Waals surface area contributed by atoms with Crippen molar-refractivity contribution in [3.8, 4) is 17.2 Å². The van der Waals surface area contributed by atoms with E-state index in [1.54, 1.807) is 30.3 Å². The average molecular weight is 445 g/mol. The summed E-state index contributed by atoms with van der Waals surface area (Å²) in [5.74, 6) is 1.31. The monoisotopic (exact) mass is 444 g/mol. The van der Waals surface area contributed by atoms with E-state index in [1.807, 2.05) is 37.3 Å². The molecule has 0 unspecified atom stereocenters. The minimum absolute atomic E-state index is 0.178. The van der Waals surface area contributed by atoms with Crippen LogP contribution in [0.25, 0.3) is 10.8 Å². The summed E-state index contributed by atoms with van der Waals surface area (Å²) >= 11 is 3.44. The number of hydrogen-bond donors (Lipinski definition) is 0. The lowest BCUT2D eigenvalue weighted by Crippen LogP contribution is -2.17. The zero-order valence-electron chi connectivity index (χ0n) is 15.5. The Labute approximate surface area is 172 Å². The van der Waals surface area contributed by atoms with E-state index in [0.717, 1.165) is 21.0 Å². The van der Waals surface area contributed by atoms with Crippen LogP contribution >= 0.6 is 15.9 Å². The van der Waals surface area contributed by atoms with Gasteiger partial charge in [0.2, 0.25) is 0 Å². The molecule has 3 aromatic rings. The van der Waals surface area contributed by atoms with Crippen LogP contribution in [0.4, 0.5) is 0 Å². The molecular formula is C22H21BrO5. The van der Waals surface area contributed by atoms with Crippen LogP contribution in [0.1, 0.15) is 6.92 Å². The molecule has 0 spiro atoms. The van der Waals surface area contributed by atoms with Crippen molar-refractivity contribution in [3.05, 3.63) is 65.1 Å². The molecule has 0 aliphatic carbocycles. The predicted molar refractivity (Wildman–Crippen MR) is 111 cm³/mol. The number of rotatable bonds is 9. The maximum absolute atomic E-state index is 12.1. The highest BCUT2D eigenvalue weighted by molar-refractivity contribution is 9.10. The summed E-state index contributed by atoms with van der Waals surface area (Å²) in [6, 6.07) is 18.5. The predicted octanol–water partition coefficient (Wildman–Crippen LogP) is 5.00. The van der Waals surface area contributed by atoms with E-state index < -0.39 is 5.97 Å². The minimum atomic E-state index is -0.464. The molecule has 0 bridgehead atoms. The number of fused-ring (bicyclic) bond motifs is 1. The molecule has 3 rings (SSSR count). The molecule has 5 nitrogen and oxygen atoms in total. The summed E-state index contributed by atoms with van der Waals surface area (Å²) < 4.78 is 22.6. The van der Waals surface area contributed by atoms with Gasteiger partial charge in [0.05, 0.1) is 6.61 Å². The van der Waals surface area contributed by atoms with E-state index in [2.05, 4.69) is 15.9 Å². The number of carbonyl (C=O) groups is 1. The quantitative estimate of drug-likeness (QED) is 0.264. The third-order valence-corrected chi connectivity index (χ3v) is 4.38. The molecule has 0 N–H and O–H groups in total. The van der Waals surface area contributed by atoms with Crippen LogP contribution in [0.15, 0.2) is 65.1 Å². The number of halogens is 1. The molecule has 6 heteroatoms. The van der Waals surface area contributed by atoms with Crippen molar-refractivity contribution in [2.75, 3.05) is 26.4 Å². The Morgan fingerprint density at radius 1 is 0.821 bits per heavy atom. The van der Waals surface area contributed by atoms with E-state index in [0.29, 0.717) is 31.3 Å². The number of ether oxygens (including phenoxy) is 4. The van der Waals surface area contributed by atoms with Gasteiger partial charge in [0.1, 0.15) is 23.9 Å². The Bertz CT molecular complexity index is 924. The standard InChI is InChI=1S/C22H21BrO5/c1-2-25-11-12-26-19-7-9-20(10-8-19)27-15-22(24)28-21-6-4-16-13-18(23)5-3-17(16)14-21/h3-10,13-14H,2,11-12,15H2,1H3.